The van der Waals surface area contributed by atoms with E-state index in [1.54, 1.807) is 43.3 Å². The Bertz CT molecular complexity index is 923. The molecular weight excluding hydrogens is 334 g/mol. The topological polar surface area (TPSA) is 94.3 Å². The monoisotopic (exact) mass is 345 g/mol. The fraction of sp³-hybridized carbons (Fsp3) is 0.125. The van der Waals surface area contributed by atoms with Crippen LogP contribution < -0.4 is 5.32 Å². The van der Waals surface area contributed by atoms with Gasteiger partial charge in [0.25, 0.3) is 5.91 Å². The lowest BCUT2D eigenvalue weighted by Gasteiger charge is -2.05. The summed E-state index contributed by atoms with van der Waals surface area (Å²) in [5, 5.41) is 7.20. The largest absolute Gasteiger partial charge is 0.452 e. The van der Waals surface area contributed by atoms with Crippen molar-refractivity contribution in [2.45, 2.75) is 6.92 Å². The zero-order valence-electron chi connectivity index (χ0n) is 12.6. The number of aryl methyl sites for hydroxylation is 1. The number of nitrogens with one attached hydrogen (secondary N) is 1. The summed E-state index contributed by atoms with van der Waals surface area (Å²) in [5.74, 6) is -0.293. The van der Waals surface area contributed by atoms with Crippen LogP contribution in [0.4, 0.5) is 5.82 Å². The van der Waals surface area contributed by atoms with Crippen LogP contribution in [0.1, 0.15) is 16.1 Å². The molecule has 1 N–H and O–H groups in total. The van der Waals surface area contributed by atoms with Crippen LogP contribution in [0, 0.1) is 6.92 Å². The zero-order chi connectivity index (χ0) is 17.1. The molecule has 0 radical (unpaired) electrons. The number of hydrogen-bond donors (Lipinski definition) is 1. The average molecular weight is 346 g/mol. The Morgan fingerprint density at radius 1 is 1.25 bits per heavy atom. The van der Waals surface area contributed by atoms with Gasteiger partial charge >= 0.3 is 5.97 Å². The molecule has 7 nitrogen and oxygen atoms in total. The molecule has 3 rings (SSSR count). The van der Waals surface area contributed by atoms with Gasteiger partial charge in [0.2, 0.25) is 0 Å². The zero-order valence-corrected chi connectivity index (χ0v) is 13.3. The number of nitrogens with zero attached hydrogens (tertiary/aromatic N) is 2. The normalized spacial score (nSPS) is 10.6. The number of ether oxygens (including phenoxy) is 1. The number of hydrogen-bond acceptors (Lipinski definition) is 6. The predicted molar refractivity (Wildman–Crippen MR) is 86.9 cm³/mol. The second-order valence-electron chi connectivity index (χ2n) is 4.99. The van der Waals surface area contributed by atoms with E-state index in [1.807, 2.05) is 0 Å². The van der Waals surface area contributed by atoms with Crippen molar-refractivity contribution in [2.24, 2.45) is 0 Å². The molecule has 24 heavy (non-hydrogen) atoms. The summed E-state index contributed by atoms with van der Waals surface area (Å²) in [5.41, 5.74) is 0.981. The van der Waals surface area contributed by atoms with Crippen molar-refractivity contribution >= 4 is 40.2 Å². The van der Waals surface area contributed by atoms with E-state index >= 15 is 0 Å². The van der Waals surface area contributed by atoms with Crippen molar-refractivity contribution in [1.29, 1.82) is 0 Å². The van der Waals surface area contributed by atoms with Crippen LogP contribution in [0.5, 0.6) is 0 Å². The van der Waals surface area contributed by atoms with E-state index in [0.29, 0.717) is 22.0 Å². The van der Waals surface area contributed by atoms with E-state index in [9.17, 15) is 9.59 Å². The Morgan fingerprint density at radius 2 is 2.08 bits per heavy atom. The maximum absolute atomic E-state index is 12.0. The lowest BCUT2D eigenvalue weighted by molar-refractivity contribution is -0.119. The van der Waals surface area contributed by atoms with Crippen LogP contribution in [-0.4, -0.2) is 28.6 Å². The van der Waals surface area contributed by atoms with Crippen molar-refractivity contribution in [1.82, 2.24) is 10.1 Å². The van der Waals surface area contributed by atoms with Crippen LogP contribution in [0.3, 0.4) is 0 Å². The number of pyridine rings is 1. The molecule has 0 atom stereocenters. The Kier molecular flexibility index (Phi) is 4.43. The Labute approximate surface area is 141 Å². The highest BCUT2D eigenvalue weighted by Crippen LogP contribution is 2.17. The predicted octanol–water partition coefficient (Wildman–Crippen LogP) is 2.98. The van der Waals surface area contributed by atoms with Crippen molar-refractivity contribution in [3.05, 3.63) is 52.9 Å². The van der Waals surface area contributed by atoms with Gasteiger partial charge in [-0.05, 0) is 37.3 Å². The van der Waals surface area contributed by atoms with Crippen LogP contribution in [-0.2, 0) is 9.53 Å². The first-order valence-electron chi connectivity index (χ1n) is 6.98. The number of aromatic nitrogens is 2. The lowest BCUT2D eigenvalue weighted by Crippen LogP contribution is -2.21. The second-order valence-corrected chi connectivity index (χ2v) is 5.38. The van der Waals surface area contributed by atoms with Gasteiger partial charge in [0, 0.05) is 11.5 Å². The van der Waals surface area contributed by atoms with E-state index < -0.39 is 18.5 Å². The van der Waals surface area contributed by atoms with Gasteiger partial charge in [0.05, 0.1) is 11.1 Å². The van der Waals surface area contributed by atoms with Gasteiger partial charge in [0.15, 0.2) is 12.4 Å². The molecule has 0 bridgehead atoms. The number of fused-ring (bicyclic) bond motifs is 1. The summed E-state index contributed by atoms with van der Waals surface area (Å²) in [7, 11) is 0. The van der Waals surface area contributed by atoms with Crippen molar-refractivity contribution in [3.8, 4) is 0 Å². The SMILES string of the molecule is Cc1cc(NC(=O)COC(=O)c2ccc3nc(Cl)ccc3c2)no1. The van der Waals surface area contributed by atoms with Gasteiger partial charge < -0.3 is 14.6 Å². The number of benzene rings is 1. The Morgan fingerprint density at radius 3 is 2.83 bits per heavy atom. The van der Waals surface area contributed by atoms with E-state index in [0.717, 1.165) is 5.39 Å². The summed E-state index contributed by atoms with van der Waals surface area (Å²) in [6.07, 6.45) is 0. The molecule has 2 heterocycles. The molecule has 0 aliphatic carbocycles. The van der Waals surface area contributed by atoms with Crippen molar-refractivity contribution in [3.63, 3.8) is 0 Å². The summed E-state index contributed by atoms with van der Waals surface area (Å²) in [6, 6.07) is 9.79. The first-order valence-corrected chi connectivity index (χ1v) is 7.36. The number of halogens is 1. The summed E-state index contributed by atoms with van der Waals surface area (Å²) < 4.78 is 9.81. The third-order valence-electron chi connectivity index (χ3n) is 3.12. The Balaban J connectivity index is 1.62. The molecule has 0 aliphatic rings. The van der Waals surface area contributed by atoms with Crippen molar-refractivity contribution in [2.75, 3.05) is 11.9 Å². The van der Waals surface area contributed by atoms with Crippen LogP contribution in [0.25, 0.3) is 10.9 Å². The maximum Gasteiger partial charge on any atom is 0.338 e. The first-order chi connectivity index (χ1) is 11.5. The minimum atomic E-state index is -0.613. The maximum atomic E-state index is 12.0. The van der Waals surface area contributed by atoms with E-state index in [4.69, 9.17) is 20.9 Å². The molecular formula is C16H12ClN3O4. The summed E-state index contributed by atoms with van der Waals surface area (Å²) in [6.45, 7) is 1.27. The van der Waals surface area contributed by atoms with Gasteiger partial charge in [-0.2, -0.15) is 0 Å². The fourth-order valence-electron chi connectivity index (χ4n) is 2.05. The molecule has 0 spiro atoms. The standard InChI is InChI=1S/C16H12ClN3O4/c1-9-6-14(20-24-9)19-15(21)8-23-16(22)11-2-4-12-10(7-11)3-5-13(17)18-12/h2-7H,8H2,1H3,(H,19,20,21). The highest BCUT2D eigenvalue weighted by atomic mass is 35.5. The fourth-order valence-corrected chi connectivity index (χ4v) is 2.20. The van der Waals surface area contributed by atoms with Crippen LogP contribution in [0.2, 0.25) is 5.15 Å². The molecule has 0 aliphatic heterocycles. The van der Waals surface area contributed by atoms with E-state index in [2.05, 4.69) is 15.5 Å². The van der Waals surface area contributed by atoms with Crippen LogP contribution in [0.15, 0.2) is 40.9 Å². The van der Waals surface area contributed by atoms with E-state index in [-0.39, 0.29) is 5.82 Å². The second kappa shape index (κ2) is 6.67. The molecule has 122 valence electrons. The molecule has 1 amide bonds. The molecule has 0 fully saturated rings. The number of carbonyl (C=O) groups is 2. The van der Waals surface area contributed by atoms with Gasteiger partial charge in [-0.15, -0.1) is 0 Å². The smallest absolute Gasteiger partial charge is 0.338 e. The van der Waals surface area contributed by atoms with E-state index in [1.165, 1.54) is 0 Å². The van der Waals surface area contributed by atoms with Crippen LogP contribution >= 0.6 is 11.6 Å². The van der Waals surface area contributed by atoms with Gasteiger partial charge in [-0.3, -0.25) is 4.79 Å². The first kappa shape index (κ1) is 15.9. The quantitative estimate of drug-likeness (QED) is 0.577. The Hall–Kier alpha value is -2.93. The number of rotatable bonds is 4. The van der Waals surface area contributed by atoms with Gasteiger partial charge in [-0.25, -0.2) is 9.78 Å². The van der Waals surface area contributed by atoms with Gasteiger partial charge in [0.1, 0.15) is 10.9 Å². The molecule has 0 unspecified atom stereocenters. The number of esters is 1. The van der Waals surface area contributed by atoms with Crippen molar-refractivity contribution < 1.29 is 18.8 Å². The number of carbonyl (C=O) groups excluding carboxylic acids is 2. The highest BCUT2D eigenvalue weighted by molar-refractivity contribution is 6.29. The highest BCUT2D eigenvalue weighted by Gasteiger charge is 2.12. The molecule has 8 heteroatoms. The third kappa shape index (κ3) is 3.69. The molecule has 2 aromatic heterocycles. The molecule has 0 saturated heterocycles. The minimum Gasteiger partial charge on any atom is -0.452 e. The lowest BCUT2D eigenvalue weighted by atomic mass is 10.1. The molecule has 3 aromatic rings. The summed E-state index contributed by atoms with van der Waals surface area (Å²) >= 11 is 5.81. The molecule has 0 saturated carbocycles. The number of anilines is 1. The number of amides is 1. The molecule has 1 aromatic carbocycles. The average Bonchev–Trinajstić information content (AvgIpc) is 2.97. The summed E-state index contributed by atoms with van der Waals surface area (Å²) in [4.78, 5) is 27.9. The van der Waals surface area contributed by atoms with Gasteiger partial charge in [-0.1, -0.05) is 16.8 Å². The third-order valence-corrected chi connectivity index (χ3v) is 3.33. The minimum absolute atomic E-state index is 0.266.